The summed E-state index contributed by atoms with van der Waals surface area (Å²) in [6, 6.07) is 9.80. The zero-order chi connectivity index (χ0) is 23.2. The fourth-order valence-corrected chi connectivity index (χ4v) is 2.87. The minimum absolute atomic E-state index is 0.0390. The van der Waals surface area contributed by atoms with Crippen molar-refractivity contribution < 1.29 is 14.8 Å². The van der Waals surface area contributed by atoms with Gasteiger partial charge in [-0.05, 0) is 16.5 Å². The number of anilines is 2. The first-order valence-corrected chi connectivity index (χ1v) is 9.54. The van der Waals surface area contributed by atoms with Crippen molar-refractivity contribution in [1.29, 1.82) is 0 Å². The Hall–Kier alpha value is -5.01. The average molecular weight is 448 g/mol. The number of pyridine rings is 1. The summed E-state index contributed by atoms with van der Waals surface area (Å²) in [6.45, 7) is 0.812. The highest BCUT2D eigenvalue weighted by atomic mass is 16.6. The van der Waals surface area contributed by atoms with Gasteiger partial charge < -0.3 is 15.7 Å². The van der Waals surface area contributed by atoms with Gasteiger partial charge in [-0.15, -0.1) is 5.10 Å². The normalized spacial score (nSPS) is 10.5. The third kappa shape index (κ3) is 5.01. The fourth-order valence-electron chi connectivity index (χ4n) is 2.87. The number of aromatic amines is 1. The summed E-state index contributed by atoms with van der Waals surface area (Å²) in [5, 5.41) is 39.8. The molecule has 0 spiro atoms. The lowest BCUT2D eigenvalue weighted by molar-refractivity contribution is -0.385. The Morgan fingerprint density at radius 3 is 2.42 bits per heavy atom. The monoisotopic (exact) mass is 448 g/mol. The molecule has 3 aromatic heterocycles. The Balaban J connectivity index is 1.43. The van der Waals surface area contributed by atoms with Crippen LogP contribution >= 0.6 is 0 Å². The zero-order valence-corrected chi connectivity index (χ0v) is 16.8. The molecule has 14 nitrogen and oxygen atoms in total. The van der Waals surface area contributed by atoms with Crippen LogP contribution in [0.15, 0.2) is 48.8 Å². The third-order valence-electron chi connectivity index (χ3n) is 4.47. The van der Waals surface area contributed by atoms with Crippen LogP contribution in [0.2, 0.25) is 0 Å². The number of rotatable bonds is 9. The highest BCUT2D eigenvalue weighted by Crippen LogP contribution is 2.25. The first kappa shape index (κ1) is 21.2. The number of H-pyrrole nitrogens is 1. The van der Waals surface area contributed by atoms with Crippen LogP contribution in [0.3, 0.4) is 0 Å². The van der Waals surface area contributed by atoms with E-state index in [0.29, 0.717) is 30.3 Å². The van der Waals surface area contributed by atoms with Gasteiger partial charge in [-0.2, -0.15) is 0 Å². The molecule has 0 saturated carbocycles. The van der Waals surface area contributed by atoms with Crippen LogP contribution < -0.4 is 10.6 Å². The van der Waals surface area contributed by atoms with Crippen molar-refractivity contribution in [3.63, 3.8) is 0 Å². The van der Waals surface area contributed by atoms with E-state index in [1.165, 1.54) is 24.5 Å². The smallest absolute Gasteiger partial charge is 0.339 e. The maximum atomic E-state index is 11.7. The molecule has 4 aromatic rings. The molecule has 0 amide bonds. The van der Waals surface area contributed by atoms with Crippen LogP contribution in [-0.4, -0.2) is 64.7 Å². The van der Waals surface area contributed by atoms with Gasteiger partial charge in [0.1, 0.15) is 17.6 Å². The third-order valence-corrected chi connectivity index (χ3v) is 4.47. The number of carboxylic acids is 1. The van der Waals surface area contributed by atoms with Crippen molar-refractivity contribution in [2.75, 3.05) is 23.7 Å². The Labute approximate surface area is 185 Å². The minimum atomic E-state index is -1.15. The number of tetrazole rings is 1. The van der Waals surface area contributed by atoms with E-state index in [-0.39, 0.29) is 22.9 Å². The Morgan fingerprint density at radius 1 is 1.03 bits per heavy atom. The summed E-state index contributed by atoms with van der Waals surface area (Å²) < 4.78 is 0. The first-order valence-electron chi connectivity index (χ1n) is 9.54. The number of benzene rings is 1. The van der Waals surface area contributed by atoms with Gasteiger partial charge in [0, 0.05) is 36.5 Å². The molecular formula is C19H16N10O4. The largest absolute Gasteiger partial charge is 0.478 e. The SMILES string of the molecule is O=C(O)c1cnc(NCCNc2ccc([N+](=O)[O-])cn2)nc1-c1ccc(-c2nnn[nH]2)cc1. The van der Waals surface area contributed by atoms with Gasteiger partial charge in [0.05, 0.1) is 10.6 Å². The van der Waals surface area contributed by atoms with Gasteiger partial charge in [0.25, 0.3) is 5.69 Å². The molecule has 0 bridgehead atoms. The van der Waals surface area contributed by atoms with Crippen LogP contribution in [0.25, 0.3) is 22.6 Å². The first-order chi connectivity index (χ1) is 16.0. The number of hydrogen-bond donors (Lipinski definition) is 4. The number of nitro groups is 1. The molecule has 0 aliphatic rings. The fraction of sp³-hybridized carbons (Fsp3) is 0.105. The van der Waals surface area contributed by atoms with Crippen molar-refractivity contribution in [3.8, 4) is 22.6 Å². The van der Waals surface area contributed by atoms with Crippen LogP contribution in [0.5, 0.6) is 0 Å². The highest BCUT2D eigenvalue weighted by molar-refractivity contribution is 5.94. The molecule has 0 fully saturated rings. The number of hydrogen-bond acceptors (Lipinski definition) is 11. The van der Waals surface area contributed by atoms with Gasteiger partial charge in [-0.25, -0.2) is 24.8 Å². The van der Waals surface area contributed by atoms with E-state index in [2.05, 4.69) is 46.2 Å². The molecule has 0 aliphatic carbocycles. The summed E-state index contributed by atoms with van der Waals surface area (Å²) in [5.74, 6) is 0.0651. The topological polar surface area (TPSA) is 198 Å². The van der Waals surface area contributed by atoms with E-state index in [9.17, 15) is 20.0 Å². The van der Waals surface area contributed by atoms with Crippen LogP contribution in [0.1, 0.15) is 10.4 Å². The predicted molar refractivity (Wildman–Crippen MR) is 115 cm³/mol. The Bertz CT molecular complexity index is 1260. The Morgan fingerprint density at radius 2 is 1.79 bits per heavy atom. The van der Waals surface area contributed by atoms with Gasteiger partial charge >= 0.3 is 5.97 Å². The molecule has 166 valence electrons. The second-order valence-corrected chi connectivity index (χ2v) is 6.60. The van der Waals surface area contributed by atoms with Gasteiger partial charge in [-0.3, -0.25) is 10.1 Å². The summed E-state index contributed by atoms with van der Waals surface area (Å²) in [5.41, 5.74) is 1.44. The lowest BCUT2D eigenvalue weighted by Gasteiger charge is -2.10. The molecule has 0 radical (unpaired) electrons. The molecule has 4 rings (SSSR count). The number of aromatic carboxylic acids is 1. The van der Waals surface area contributed by atoms with Crippen molar-refractivity contribution in [3.05, 3.63) is 64.5 Å². The van der Waals surface area contributed by atoms with Crippen molar-refractivity contribution in [2.45, 2.75) is 0 Å². The van der Waals surface area contributed by atoms with E-state index >= 15 is 0 Å². The van der Waals surface area contributed by atoms with Crippen molar-refractivity contribution in [2.24, 2.45) is 0 Å². The van der Waals surface area contributed by atoms with Gasteiger partial charge in [0.15, 0.2) is 5.82 Å². The molecule has 33 heavy (non-hydrogen) atoms. The van der Waals surface area contributed by atoms with Crippen LogP contribution in [-0.2, 0) is 0 Å². The molecule has 4 N–H and O–H groups in total. The van der Waals surface area contributed by atoms with E-state index in [1.54, 1.807) is 24.3 Å². The van der Waals surface area contributed by atoms with Gasteiger partial charge in [-0.1, -0.05) is 24.3 Å². The highest BCUT2D eigenvalue weighted by Gasteiger charge is 2.16. The predicted octanol–water partition coefficient (Wildman–Crippen LogP) is 1.85. The number of carboxylic acid groups (broad SMARTS) is 1. The molecule has 0 atom stereocenters. The van der Waals surface area contributed by atoms with Crippen molar-refractivity contribution >= 4 is 23.4 Å². The molecule has 3 heterocycles. The summed E-state index contributed by atoms with van der Waals surface area (Å²) in [7, 11) is 0. The number of nitrogens with zero attached hydrogens (tertiary/aromatic N) is 7. The summed E-state index contributed by atoms with van der Waals surface area (Å²) >= 11 is 0. The standard InChI is InChI=1S/C19H16N10O4/c30-18(31)14-10-23-19(21-8-7-20-15-6-5-13(9-22-15)29(32)33)24-16(14)11-1-3-12(4-2-11)17-25-27-28-26-17/h1-6,9-10H,7-8H2,(H,20,22)(H,30,31)(H,21,23,24)(H,25,26,27,28). The maximum Gasteiger partial charge on any atom is 0.339 e. The Kier molecular flexibility index (Phi) is 6.06. The van der Waals surface area contributed by atoms with E-state index in [4.69, 9.17) is 0 Å². The number of nitrogens with one attached hydrogen (secondary N) is 3. The number of aromatic nitrogens is 7. The minimum Gasteiger partial charge on any atom is -0.478 e. The summed E-state index contributed by atoms with van der Waals surface area (Å²) in [4.78, 5) is 34.2. The van der Waals surface area contributed by atoms with Crippen LogP contribution in [0, 0.1) is 10.1 Å². The van der Waals surface area contributed by atoms with Crippen molar-refractivity contribution in [1.82, 2.24) is 35.6 Å². The second-order valence-electron chi connectivity index (χ2n) is 6.60. The maximum absolute atomic E-state index is 11.7. The average Bonchev–Trinajstić information content (AvgIpc) is 3.37. The molecule has 0 aliphatic heterocycles. The molecule has 1 aromatic carbocycles. The lowest BCUT2D eigenvalue weighted by Crippen LogP contribution is -2.16. The quantitative estimate of drug-likeness (QED) is 0.165. The second kappa shape index (κ2) is 9.42. The molecule has 0 unspecified atom stereocenters. The summed E-state index contributed by atoms with van der Waals surface area (Å²) in [6.07, 6.45) is 2.41. The number of carbonyl (C=O) groups is 1. The molecule has 14 heteroatoms. The lowest BCUT2D eigenvalue weighted by atomic mass is 10.0. The van der Waals surface area contributed by atoms with Crippen LogP contribution in [0.4, 0.5) is 17.5 Å². The van der Waals surface area contributed by atoms with E-state index < -0.39 is 10.9 Å². The molecular weight excluding hydrogens is 432 g/mol. The van der Waals surface area contributed by atoms with E-state index in [1.807, 2.05) is 0 Å². The molecule has 0 saturated heterocycles. The van der Waals surface area contributed by atoms with E-state index in [0.717, 1.165) is 5.56 Å². The zero-order valence-electron chi connectivity index (χ0n) is 16.8. The van der Waals surface area contributed by atoms with Gasteiger partial charge in [0.2, 0.25) is 5.95 Å².